The van der Waals surface area contributed by atoms with Crippen LogP contribution in [0.25, 0.3) is 0 Å². The Hall–Kier alpha value is -1.33. The van der Waals surface area contributed by atoms with E-state index in [0.717, 1.165) is 12.1 Å². The van der Waals surface area contributed by atoms with E-state index in [1.165, 1.54) is 0 Å². The Morgan fingerprint density at radius 3 is 2.76 bits per heavy atom. The van der Waals surface area contributed by atoms with Crippen molar-refractivity contribution in [2.24, 2.45) is 5.73 Å². The van der Waals surface area contributed by atoms with Gasteiger partial charge in [-0.3, -0.25) is 4.79 Å². The van der Waals surface area contributed by atoms with Gasteiger partial charge in [0.1, 0.15) is 11.6 Å². The van der Waals surface area contributed by atoms with Gasteiger partial charge in [-0.25, -0.2) is 8.78 Å². The minimum absolute atomic E-state index is 0.170. The third kappa shape index (κ3) is 3.87. The first-order valence-corrected chi connectivity index (χ1v) is 5.30. The fraction of sp³-hybridized carbons (Fsp3) is 0.417. The second-order valence-electron chi connectivity index (χ2n) is 3.73. The van der Waals surface area contributed by atoms with Gasteiger partial charge in [-0.05, 0) is 25.0 Å². The zero-order valence-electron chi connectivity index (χ0n) is 9.58. The van der Waals surface area contributed by atoms with Gasteiger partial charge in [0, 0.05) is 19.8 Å². The topological polar surface area (TPSA) is 52.3 Å². The van der Waals surface area contributed by atoms with Gasteiger partial charge in [0.2, 0.25) is 0 Å². The zero-order valence-corrected chi connectivity index (χ0v) is 9.58. The molecule has 0 aliphatic heterocycles. The lowest BCUT2D eigenvalue weighted by molar-refractivity contribution is 0.0946. The van der Waals surface area contributed by atoms with E-state index in [-0.39, 0.29) is 5.56 Å². The van der Waals surface area contributed by atoms with Crippen molar-refractivity contribution in [3.05, 3.63) is 35.4 Å². The summed E-state index contributed by atoms with van der Waals surface area (Å²) >= 11 is 0. The van der Waals surface area contributed by atoms with E-state index >= 15 is 0 Å². The van der Waals surface area contributed by atoms with Crippen LogP contribution in [-0.4, -0.2) is 25.5 Å². The maximum atomic E-state index is 13.3. The van der Waals surface area contributed by atoms with Crippen LogP contribution in [-0.2, 0) is 4.74 Å². The van der Waals surface area contributed by atoms with E-state index in [1.54, 1.807) is 7.11 Å². The number of carbonyl (C=O) groups excluding carboxylic acids is 1. The number of benzene rings is 1. The van der Waals surface area contributed by atoms with E-state index in [2.05, 4.69) is 0 Å². The molecule has 0 aromatic heterocycles. The molecule has 1 aromatic carbocycles. The molecule has 0 radical (unpaired) electrons. The zero-order chi connectivity index (χ0) is 12.8. The van der Waals surface area contributed by atoms with Crippen molar-refractivity contribution >= 4 is 5.78 Å². The van der Waals surface area contributed by atoms with Crippen molar-refractivity contribution in [2.75, 3.05) is 13.7 Å². The molecule has 0 amide bonds. The maximum Gasteiger partial charge on any atom is 0.182 e. The highest BCUT2D eigenvalue weighted by atomic mass is 19.1. The highest BCUT2D eigenvalue weighted by molar-refractivity contribution is 6.00. The molecule has 1 atom stereocenters. The Kier molecular flexibility index (Phi) is 5.18. The van der Waals surface area contributed by atoms with Crippen LogP contribution >= 0.6 is 0 Å². The fourth-order valence-corrected chi connectivity index (χ4v) is 1.47. The van der Waals surface area contributed by atoms with Gasteiger partial charge in [-0.2, -0.15) is 0 Å². The number of Topliss-reactive ketones (excluding diaryl/α,β-unsaturated/α-hetero) is 1. The van der Waals surface area contributed by atoms with E-state index in [4.69, 9.17) is 10.5 Å². The lowest BCUT2D eigenvalue weighted by Crippen LogP contribution is -2.31. The summed E-state index contributed by atoms with van der Waals surface area (Å²) in [6.45, 7) is 0.493. The SMILES string of the molecule is COCCCC(N)C(=O)c1ccc(F)cc1F. The van der Waals surface area contributed by atoms with E-state index in [9.17, 15) is 13.6 Å². The molecule has 0 saturated carbocycles. The third-order valence-corrected chi connectivity index (χ3v) is 2.40. The monoisotopic (exact) mass is 243 g/mol. The van der Waals surface area contributed by atoms with Crippen molar-refractivity contribution in [2.45, 2.75) is 18.9 Å². The Balaban J connectivity index is 2.68. The molecule has 0 aliphatic rings. The molecule has 1 rings (SSSR count). The minimum Gasteiger partial charge on any atom is -0.385 e. The first-order valence-electron chi connectivity index (χ1n) is 5.30. The molecule has 0 saturated heterocycles. The summed E-state index contributed by atoms with van der Waals surface area (Å²) in [4.78, 5) is 11.7. The van der Waals surface area contributed by atoms with Crippen LogP contribution in [0.1, 0.15) is 23.2 Å². The molecule has 0 spiro atoms. The molecule has 0 fully saturated rings. The van der Waals surface area contributed by atoms with Crippen molar-refractivity contribution < 1.29 is 18.3 Å². The van der Waals surface area contributed by atoms with Crippen LogP contribution < -0.4 is 5.73 Å². The third-order valence-electron chi connectivity index (χ3n) is 2.40. The Labute approximate surface area is 98.6 Å². The highest BCUT2D eigenvalue weighted by Crippen LogP contribution is 2.13. The summed E-state index contributed by atoms with van der Waals surface area (Å²) in [5, 5.41) is 0. The summed E-state index contributed by atoms with van der Waals surface area (Å²) in [6, 6.07) is 2.04. The predicted molar refractivity (Wildman–Crippen MR) is 59.8 cm³/mol. The molecular weight excluding hydrogens is 228 g/mol. The number of hydrogen-bond donors (Lipinski definition) is 1. The maximum absolute atomic E-state index is 13.3. The van der Waals surface area contributed by atoms with Gasteiger partial charge in [0.05, 0.1) is 11.6 Å². The number of hydrogen-bond acceptors (Lipinski definition) is 3. The van der Waals surface area contributed by atoms with Crippen LogP contribution in [0.5, 0.6) is 0 Å². The van der Waals surface area contributed by atoms with Gasteiger partial charge in [0.15, 0.2) is 5.78 Å². The van der Waals surface area contributed by atoms with Crippen LogP contribution in [0.3, 0.4) is 0 Å². The number of halogens is 2. The fourth-order valence-electron chi connectivity index (χ4n) is 1.47. The van der Waals surface area contributed by atoms with E-state index in [1.807, 2.05) is 0 Å². The number of rotatable bonds is 6. The number of methoxy groups -OCH3 is 1. The number of ketones is 1. The lowest BCUT2D eigenvalue weighted by Gasteiger charge is -2.10. The highest BCUT2D eigenvalue weighted by Gasteiger charge is 2.19. The summed E-state index contributed by atoms with van der Waals surface area (Å²) in [7, 11) is 1.55. The summed E-state index contributed by atoms with van der Waals surface area (Å²) < 4.78 is 30.8. The van der Waals surface area contributed by atoms with Crippen molar-refractivity contribution in [1.29, 1.82) is 0 Å². The summed E-state index contributed by atoms with van der Waals surface area (Å²) in [5.74, 6) is -2.11. The molecule has 1 aromatic rings. The van der Waals surface area contributed by atoms with Crippen LogP contribution in [0.2, 0.25) is 0 Å². The normalized spacial score (nSPS) is 12.5. The average molecular weight is 243 g/mol. The quantitative estimate of drug-likeness (QED) is 0.613. The average Bonchev–Trinajstić information content (AvgIpc) is 2.28. The number of ether oxygens (including phenoxy) is 1. The van der Waals surface area contributed by atoms with Crippen molar-refractivity contribution in [3.63, 3.8) is 0 Å². The molecule has 0 bridgehead atoms. The first-order chi connectivity index (χ1) is 8.06. The molecule has 3 nitrogen and oxygen atoms in total. The van der Waals surface area contributed by atoms with Gasteiger partial charge >= 0.3 is 0 Å². The Morgan fingerprint density at radius 1 is 1.47 bits per heavy atom. The summed E-state index contributed by atoms with van der Waals surface area (Å²) in [6.07, 6.45) is 1.02. The second kappa shape index (κ2) is 6.42. The standard InChI is InChI=1S/C12H15F2NO2/c1-17-6-2-3-11(15)12(16)9-5-4-8(13)7-10(9)14/h4-5,7,11H,2-3,6,15H2,1H3. The van der Waals surface area contributed by atoms with Crippen molar-refractivity contribution in [3.8, 4) is 0 Å². The summed E-state index contributed by atoms with van der Waals surface area (Å²) in [5.41, 5.74) is 5.46. The van der Waals surface area contributed by atoms with E-state index < -0.39 is 23.5 Å². The van der Waals surface area contributed by atoms with Gasteiger partial charge in [-0.15, -0.1) is 0 Å². The predicted octanol–water partition coefficient (Wildman–Crippen LogP) is 1.90. The van der Waals surface area contributed by atoms with Gasteiger partial charge in [0.25, 0.3) is 0 Å². The van der Waals surface area contributed by atoms with Crippen molar-refractivity contribution in [1.82, 2.24) is 0 Å². The molecule has 0 heterocycles. The molecule has 1 unspecified atom stereocenters. The smallest absolute Gasteiger partial charge is 0.182 e. The lowest BCUT2D eigenvalue weighted by atomic mass is 10.0. The first kappa shape index (κ1) is 13.7. The second-order valence-corrected chi connectivity index (χ2v) is 3.73. The van der Waals surface area contributed by atoms with Crippen LogP contribution in [0.15, 0.2) is 18.2 Å². The molecular formula is C12H15F2NO2. The Morgan fingerprint density at radius 2 is 2.18 bits per heavy atom. The minimum atomic E-state index is -0.878. The molecule has 94 valence electrons. The van der Waals surface area contributed by atoms with Crippen LogP contribution in [0.4, 0.5) is 8.78 Å². The van der Waals surface area contributed by atoms with E-state index in [0.29, 0.717) is 25.5 Å². The van der Waals surface area contributed by atoms with Gasteiger partial charge < -0.3 is 10.5 Å². The number of carbonyl (C=O) groups is 1. The largest absolute Gasteiger partial charge is 0.385 e. The molecule has 17 heavy (non-hydrogen) atoms. The van der Waals surface area contributed by atoms with Crippen LogP contribution in [0, 0.1) is 11.6 Å². The number of nitrogens with two attached hydrogens (primary N) is 1. The molecule has 2 N–H and O–H groups in total. The Bertz CT molecular complexity index is 396. The van der Waals surface area contributed by atoms with Gasteiger partial charge in [-0.1, -0.05) is 0 Å². The molecule has 0 aliphatic carbocycles. The molecule has 5 heteroatoms.